The second-order valence-corrected chi connectivity index (χ2v) is 48.9. The summed E-state index contributed by atoms with van der Waals surface area (Å²) in [6, 6.07) is 25.9. The van der Waals surface area contributed by atoms with Crippen LogP contribution in [0.4, 0.5) is 0 Å². The van der Waals surface area contributed by atoms with E-state index in [1.165, 1.54) is 88.8 Å². The highest BCUT2D eigenvalue weighted by molar-refractivity contribution is 7.44. The largest absolute Gasteiger partial charge is 0.268 e. The third-order valence-electron chi connectivity index (χ3n) is 13.4. The van der Waals surface area contributed by atoms with Gasteiger partial charge in [0.2, 0.25) is 0 Å². The molecule has 0 spiro atoms. The minimum Gasteiger partial charge on any atom is -0.158 e. The van der Waals surface area contributed by atoms with Crippen LogP contribution in [0.15, 0.2) is 60.7 Å². The fraction of sp³-hybridized carbons (Fsp3) is 0.346. The van der Waals surface area contributed by atoms with Crippen LogP contribution in [0.5, 0.6) is 0 Å². The quantitative estimate of drug-likeness (QED) is 0.146. The third-order valence-corrected chi connectivity index (χ3v) is 32.5. The maximum Gasteiger partial charge on any atom is 0.268 e. The van der Waals surface area contributed by atoms with Gasteiger partial charge in [0.15, 0.2) is 0 Å². The molecule has 10 heteroatoms. The van der Waals surface area contributed by atoms with Crippen molar-refractivity contribution in [2.75, 3.05) is 0 Å². The van der Waals surface area contributed by atoms with Crippen molar-refractivity contribution in [2.45, 2.75) is 120 Å². The van der Waals surface area contributed by atoms with Crippen LogP contribution < -0.4 is 48.0 Å². The molecule has 2 aliphatic rings. The zero-order valence-corrected chi connectivity index (χ0v) is 47.8. The molecule has 3 aromatic carbocycles. The van der Waals surface area contributed by atoms with E-state index < -0.39 is 32.3 Å². The van der Waals surface area contributed by atoms with Gasteiger partial charge in [-0.05, 0) is 160 Å². The lowest BCUT2D eigenvalue weighted by Gasteiger charge is -2.20. The van der Waals surface area contributed by atoms with E-state index >= 15 is 0 Å². The van der Waals surface area contributed by atoms with Crippen LogP contribution in [0.1, 0.15) is 33.4 Å². The first-order chi connectivity index (χ1) is 28.7. The first-order valence-corrected chi connectivity index (χ1v) is 39.9. The molecule has 0 saturated carbocycles. The molecule has 0 N–H and O–H groups in total. The van der Waals surface area contributed by atoms with Gasteiger partial charge in [0.1, 0.15) is 0 Å². The van der Waals surface area contributed by atoms with Gasteiger partial charge in [-0.1, -0.05) is 147 Å². The van der Waals surface area contributed by atoms with Crippen molar-refractivity contribution in [1.29, 1.82) is 0 Å². The van der Waals surface area contributed by atoms with E-state index in [-0.39, 0.29) is 13.4 Å². The summed E-state index contributed by atoms with van der Waals surface area (Å²) in [5.74, 6) is 0. The summed E-state index contributed by atoms with van der Waals surface area (Å²) < 4.78 is 12.7. The van der Waals surface area contributed by atoms with Gasteiger partial charge >= 0.3 is 0 Å². The molecule has 7 aromatic rings. The van der Waals surface area contributed by atoms with Crippen LogP contribution in [0.3, 0.4) is 0 Å². The Morgan fingerprint density at radius 1 is 0.290 bits per heavy atom. The smallest absolute Gasteiger partial charge is 0.158 e. The highest BCUT2D eigenvalue weighted by Gasteiger charge is 2.43. The first-order valence-electron chi connectivity index (χ1n) is 22.6. The predicted octanol–water partition coefficient (Wildman–Crippen LogP) is 10.3. The average Bonchev–Trinajstić information content (AvgIpc) is 3.93. The van der Waals surface area contributed by atoms with Gasteiger partial charge in [0.25, 0.3) is 13.4 Å². The zero-order chi connectivity index (χ0) is 44.9. The van der Waals surface area contributed by atoms with Gasteiger partial charge in [0.05, 0.1) is 32.3 Å². The summed E-state index contributed by atoms with van der Waals surface area (Å²) in [4.78, 5) is 0. The first kappa shape index (κ1) is 44.7. The van der Waals surface area contributed by atoms with Crippen LogP contribution >= 0.6 is 45.3 Å². The Labute approximate surface area is 394 Å². The van der Waals surface area contributed by atoms with E-state index in [2.05, 4.69) is 226 Å². The summed E-state index contributed by atoms with van der Waals surface area (Å²) in [6.07, 6.45) is 0. The lowest BCUT2D eigenvalue weighted by molar-refractivity contribution is 1.35. The Bertz CT molecular complexity index is 2600. The van der Waals surface area contributed by atoms with Gasteiger partial charge < -0.3 is 0 Å². The number of hydrogen-bond acceptors (Lipinski definition) is 4. The Hall–Kier alpha value is -2.54. The number of fused-ring (bicyclic) bond motifs is 10. The molecule has 0 nitrogen and oxygen atoms in total. The molecular weight excluding hydrogens is 887 g/mol. The molecule has 0 amide bonds. The molecule has 0 atom stereocenters. The standard InChI is InChI=1S/C52H64B2S4Si4/c1-29-19-31(3)47(32(4)20-29)53-49-39(25-43(55-49)59(7,8)9)35-23-37-38(24-36(35)40-26-44(56-50(40)53)60(10,11)12)42-28-46(62(16,17)18)58-52(42)54(48-33(5)21-30(2)22-34(48)6)51-41(37)27-45(57-51)61(13,14)15/h19-28H,1-18H3. The molecule has 62 heavy (non-hydrogen) atoms. The summed E-state index contributed by atoms with van der Waals surface area (Å²) in [6.45, 7) is 45.0. The Kier molecular flexibility index (Phi) is 10.8. The molecule has 318 valence electrons. The topological polar surface area (TPSA) is 0 Å². The lowest BCUT2D eigenvalue weighted by Crippen LogP contribution is -2.53. The van der Waals surface area contributed by atoms with E-state index in [1.54, 1.807) is 37.1 Å². The van der Waals surface area contributed by atoms with Crippen molar-refractivity contribution in [2.24, 2.45) is 0 Å². The molecule has 0 bridgehead atoms. The number of rotatable bonds is 6. The van der Waals surface area contributed by atoms with Gasteiger partial charge in [-0.25, -0.2) is 0 Å². The van der Waals surface area contributed by atoms with Crippen molar-refractivity contribution in [1.82, 2.24) is 0 Å². The number of aryl methyl sites for hydroxylation is 6. The minimum atomic E-state index is -1.67. The summed E-state index contributed by atoms with van der Waals surface area (Å²) in [5.41, 5.74) is 23.2. The number of thiophene rings is 4. The minimum absolute atomic E-state index is 0.209. The lowest BCUT2D eigenvalue weighted by atomic mass is 9.40. The maximum absolute atomic E-state index is 2.73. The van der Waals surface area contributed by atoms with Crippen molar-refractivity contribution in [3.05, 3.63) is 94.0 Å². The summed E-state index contributed by atoms with van der Waals surface area (Å²) in [5, 5.41) is 0. The van der Waals surface area contributed by atoms with Crippen LogP contribution in [0, 0.1) is 41.5 Å². The second kappa shape index (κ2) is 15.0. The summed E-state index contributed by atoms with van der Waals surface area (Å²) >= 11 is 8.60. The molecule has 4 aromatic heterocycles. The molecule has 0 aliphatic carbocycles. The van der Waals surface area contributed by atoms with E-state index in [4.69, 9.17) is 0 Å². The molecule has 0 unspecified atom stereocenters. The van der Waals surface area contributed by atoms with Crippen molar-refractivity contribution >= 4 is 139 Å². The normalized spacial score (nSPS) is 13.9. The molecule has 9 rings (SSSR count). The monoisotopic (exact) mass is 950 g/mol. The Morgan fingerprint density at radius 3 is 0.694 bits per heavy atom. The molecular formula is C52H64B2S4Si4. The maximum atomic E-state index is 2.73. The van der Waals surface area contributed by atoms with Gasteiger partial charge in [0, 0.05) is 0 Å². The zero-order valence-electron chi connectivity index (χ0n) is 40.6. The second-order valence-electron chi connectivity index (χ2n) is 23.0. The van der Waals surface area contributed by atoms with Gasteiger partial charge in [-0.15, -0.1) is 0 Å². The van der Waals surface area contributed by atoms with Crippen LogP contribution in [-0.2, 0) is 0 Å². The van der Waals surface area contributed by atoms with Crippen molar-refractivity contribution in [3.63, 3.8) is 0 Å². The van der Waals surface area contributed by atoms with E-state index in [0.717, 1.165) is 0 Å². The van der Waals surface area contributed by atoms with Gasteiger partial charge in [-0.3, -0.25) is 0 Å². The summed E-state index contributed by atoms with van der Waals surface area (Å²) in [7, 11) is -6.66. The van der Waals surface area contributed by atoms with Crippen LogP contribution in [-0.4, -0.2) is 45.7 Å². The third kappa shape index (κ3) is 7.39. The average molecular weight is 951 g/mol. The predicted molar refractivity (Wildman–Crippen MR) is 302 cm³/mol. The Morgan fingerprint density at radius 2 is 0.500 bits per heavy atom. The van der Waals surface area contributed by atoms with Crippen LogP contribution in [0.25, 0.3) is 44.5 Å². The SMILES string of the molecule is Cc1cc(C)c(B2c3sc([Si](C)(C)C)cc3-c3cc4c(cc3-c3cc([Si](C)(C)C)sc32)-c2cc([Si](C)(C)C)sc2B(c2c(C)cc(C)cc2C)c2sc([Si](C)(C)C)cc2-4)c(C)c1. The fourth-order valence-electron chi connectivity index (χ4n) is 10.3. The fourth-order valence-corrected chi connectivity index (χ4v) is 23.2. The van der Waals surface area contributed by atoms with E-state index in [0.29, 0.717) is 0 Å². The van der Waals surface area contributed by atoms with Crippen molar-refractivity contribution < 1.29 is 0 Å². The molecule has 0 fully saturated rings. The highest BCUT2D eigenvalue weighted by Crippen LogP contribution is 2.45. The van der Waals surface area contributed by atoms with Gasteiger partial charge in [-0.2, -0.15) is 45.3 Å². The number of hydrogen-bond donors (Lipinski definition) is 0. The Balaban J connectivity index is 1.46. The van der Waals surface area contributed by atoms with Crippen molar-refractivity contribution in [3.8, 4) is 44.5 Å². The number of benzene rings is 3. The molecule has 0 saturated heterocycles. The molecule has 2 aliphatic heterocycles. The van der Waals surface area contributed by atoms with E-state index in [1.807, 2.05) is 0 Å². The molecule has 0 radical (unpaired) electrons. The van der Waals surface area contributed by atoms with E-state index in [9.17, 15) is 0 Å². The molecule has 6 heterocycles. The highest BCUT2D eigenvalue weighted by atomic mass is 32.1. The van der Waals surface area contributed by atoms with Crippen LogP contribution in [0.2, 0.25) is 78.6 Å².